The van der Waals surface area contributed by atoms with Gasteiger partial charge in [0.1, 0.15) is 11.2 Å². The molecule has 5 heteroatoms. The number of hydrogen-bond acceptors (Lipinski definition) is 4. The van der Waals surface area contributed by atoms with E-state index in [1.54, 1.807) is 0 Å². The summed E-state index contributed by atoms with van der Waals surface area (Å²) < 4.78 is 0. The van der Waals surface area contributed by atoms with Gasteiger partial charge in [0, 0.05) is 30.1 Å². The maximum Gasteiger partial charge on any atom is 0.303 e. The molecule has 3 saturated carbocycles. The minimum absolute atomic E-state index is 0.00751. The Labute approximate surface area is 173 Å². The first kappa shape index (κ1) is 20.0. The van der Waals surface area contributed by atoms with E-state index in [9.17, 15) is 9.90 Å². The molecule has 0 amide bonds. The lowest BCUT2D eigenvalue weighted by Gasteiger charge is -2.69. The summed E-state index contributed by atoms with van der Waals surface area (Å²) in [6, 6.07) is 0. The molecule has 9 atom stereocenters. The van der Waals surface area contributed by atoms with Gasteiger partial charge in [-0.1, -0.05) is 26.8 Å². The normalized spacial score (nSPS) is 53.8. The number of carbonyl (C=O) groups is 1. The van der Waals surface area contributed by atoms with Crippen molar-refractivity contribution in [2.24, 2.45) is 34.5 Å². The molecule has 4 fully saturated rings. The number of fused-ring (bicyclic) bond motifs is 2. The van der Waals surface area contributed by atoms with E-state index in [2.05, 4.69) is 32.9 Å². The van der Waals surface area contributed by atoms with Gasteiger partial charge >= 0.3 is 5.97 Å². The highest BCUT2D eigenvalue weighted by atomic mass is 17.2. The molecule has 6 rings (SSSR count). The van der Waals surface area contributed by atoms with Crippen LogP contribution in [0.2, 0.25) is 0 Å². The zero-order valence-electron chi connectivity index (χ0n) is 18.0. The number of carboxylic acid groups (broad SMARTS) is 1. The van der Waals surface area contributed by atoms with E-state index in [0.717, 1.165) is 38.5 Å². The van der Waals surface area contributed by atoms with Gasteiger partial charge in [-0.05, 0) is 68.3 Å². The fourth-order valence-corrected chi connectivity index (χ4v) is 8.63. The summed E-state index contributed by atoms with van der Waals surface area (Å²) in [7, 11) is 0. The van der Waals surface area contributed by atoms with Crippen molar-refractivity contribution in [3.05, 3.63) is 12.2 Å². The van der Waals surface area contributed by atoms with Gasteiger partial charge in [-0.3, -0.25) is 4.79 Å². The Morgan fingerprint density at radius 1 is 1.10 bits per heavy atom. The lowest BCUT2D eigenvalue weighted by atomic mass is 9.42. The maximum atomic E-state index is 11.1. The number of aliphatic hydroxyl groups is 1. The third-order valence-electron chi connectivity index (χ3n) is 10.2. The van der Waals surface area contributed by atoms with Gasteiger partial charge in [-0.15, -0.1) is 0 Å². The second kappa shape index (κ2) is 6.30. The summed E-state index contributed by atoms with van der Waals surface area (Å²) in [5, 5.41) is 19.5. The number of carboxylic acids is 1. The monoisotopic (exact) mass is 404 g/mol. The van der Waals surface area contributed by atoms with Crippen LogP contribution >= 0.6 is 0 Å². The molecule has 1 saturated heterocycles. The van der Waals surface area contributed by atoms with E-state index in [0.29, 0.717) is 30.1 Å². The summed E-state index contributed by atoms with van der Waals surface area (Å²) in [4.78, 5) is 23.7. The first-order chi connectivity index (χ1) is 13.7. The molecule has 2 spiro atoms. The van der Waals surface area contributed by atoms with Crippen molar-refractivity contribution in [3.8, 4) is 0 Å². The number of aliphatic hydroxyl groups excluding tert-OH is 1. The molecule has 2 heterocycles. The van der Waals surface area contributed by atoms with Crippen LogP contribution in [0.3, 0.4) is 0 Å². The van der Waals surface area contributed by atoms with Crippen molar-refractivity contribution in [1.29, 1.82) is 0 Å². The van der Waals surface area contributed by atoms with Gasteiger partial charge in [-0.25, -0.2) is 9.78 Å². The minimum Gasteiger partial charge on any atom is -0.481 e. The predicted molar refractivity (Wildman–Crippen MR) is 108 cm³/mol. The van der Waals surface area contributed by atoms with Gasteiger partial charge in [0.25, 0.3) is 0 Å². The van der Waals surface area contributed by atoms with Gasteiger partial charge in [0.05, 0.1) is 6.10 Å². The molecule has 2 aliphatic heterocycles. The number of aliphatic carboxylic acids is 1. The Bertz CT molecular complexity index is 735. The van der Waals surface area contributed by atoms with Crippen molar-refractivity contribution >= 4 is 5.97 Å². The molecule has 2 N–H and O–H groups in total. The average Bonchev–Trinajstić information content (AvgIpc) is 3.04. The molecule has 2 bridgehead atoms. The van der Waals surface area contributed by atoms with Crippen LogP contribution in [0.4, 0.5) is 0 Å². The van der Waals surface area contributed by atoms with Crippen LogP contribution in [0.15, 0.2) is 12.2 Å². The molecule has 0 radical (unpaired) electrons. The standard InChI is InChI=1S/C24H36O5/c1-15(4-7-20(26)27)17-5-6-18-21(17,2)10-9-19-22(3)11-8-16(25)14-23(22)12-13-24(18,19)29-28-23/h12-13,15-19,25H,4-11,14H2,1-3H3,(H,26,27)/t15-,16+,17-,18-,19-,21-,22-,23-,24+/m1/s1. The summed E-state index contributed by atoms with van der Waals surface area (Å²) in [6.07, 6.45) is 12.3. The molecule has 0 unspecified atom stereocenters. The summed E-state index contributed by atoms with van der Waals surface area (Å²) in [6.45, 7) is 7.04. The van der Waals surface area contributed by atoms with Crippen LogP contribution in [0.1, 0.15) is 78.6 Å². The second-order valence-electron chi connectivity index (χ2n) is 11.3. The van der Waals surface area contributed by atoms with E-state index in [1.165, 1.54) is 6.42 Å². The molecular weight excluding hydrogens is 368 g/mol. The third-order valence-corrected chi connectivity index (χ3v) is 10.2. The van der Waals surface area contributed by atoms with Crippen molar-refractivity contribution < 1.29 is 24.8 Å². The maximum absolute atomic E-state index is 11.1. The topological polar surface area (TPSA) is 76.0 Å². The highest BCUT2D eigenvalue weighted by Crippen LogP contribution is 2.72. The predicted octanol–water partition coefficient (Wildman–Crippen LogP) is 4.49. The van der Waals surface area contributed by atoms with Gasteiger partial charge < -0.3 is 10.2 Å². The number of hydrogen-bond donors (Lipinski definition) is 2. The fraction of sp³-hybridized carbons (Fsp3) is 0.875. The molecule has 6 aliphatic rings. The van der Waals surface area contributed by atoms with Crippen molar-refractivity contribution in [3.63, 3.8) is 0 Å². The summed E-state index contributed by atoms with van der Waals surface area (Å²) in [5.41, 5.74) is -0.692. The summed E-state index contributed by atoms with van der Waals surface area (Å²) >= 11 is 0. The van der Waals surface area contributed by atoms with Crippen molar-refractivity contribution in [2.45, 2.75) is 95.9 Å². The highest BCUT2D eigenvalue weighted by molar-refractivity contribution is 5.66. The van der Waals surface area contributed by atoms with Gasteiger partial charge in [0.2, 0.25) is 0 Å². The molecule has 0 aromatic rings. The lowest BCUT2D eigenvalue weighted by molar-refractivity contribution is -0.497. The van der Waals surface area contributed by atoms with E-state index in [4.69, 9.17) is 14.9 Å². The Hall–Kier alpha value is -0.910. The van der Waals surface area contributed by atoms with E-state index >= 15 is 0 Å². The van der Waals surface area contributed by atoms with Crippen LogP contribution in [-0.4, -0.2) is 33.5 Å². The molecule has 0 aromatic heterocycles. The largest absolute Gasteiger partial charge is 0.481 e. The Balaban J connectivity index is 1.48. The molecule has 0 aromatic carbocycles. The van der Waals surface area contributed by atoms with Crippen LogP contribution in [-0.2, 0) is 14.6 Å². The van der Waals surface area contributed by atoms with E-state index in [1.807, 2.05) is 0 Å². The highest BCUT2D eigenvalue weighted by Gasteiger charge is 2.74. The first-order valence-corrected chi connectivity index (χ1v) is 11.6. The Morgan fingerprint density at radius 3 is 2.59 bits per heavy atom. The molecule has 29 heavy (non-hydrogen) atoms. The van der Waals surface area contributed by atoms with Gasteiger partial charge in [-0.2, -0.15) is 0 Å². The lowest BCUT2D eigenvalue weighted by Crippen LogP contribution is -2.73. The molecule has 5 nitrogen and oxygen atoms in total. The van der Waals surface area contributed by atoms with E-state index in [-0.39, 0.29) is 29.0 Å². The van der Waals surface area contributed by atoms with Crippen LogP contribution in [0.5, 0.6) is 0 Å². The molecular formula is C24H36O5. The first-order valence-electron chi connectivity index (χ1n) is 11.6. The van der Waals surface area contributed by atoms with Crippen molar-refractivity contribution in [1.82, 2.24) is 0 Å². The van der Waals surface area contributed by atoms with Crippen LogP contribution in [0.25, 0.3) is 0 Å². The van der Waals surface area contributed by atoms with Gasteiger partial charge in [0.15, 0.2) is 0 Å². The zero-order valence-corrected chi connectivity index (χ0v) is 18.0. The Morgan fingerprint density at radius 2 is 1.90 bits per heavy atom. The van der Waals surface area contributed by atoms with Crippen LogP contribution < -0.4 is 0 Å². The van der Waals surface area contributed by atoms with E-state index < -0.39 is 11.6 Å². The van der Waals surface area contributed by atoms with Crippen molar-refractivity contribution in [2.75, 3.05) is 0 Å². The number of rotatable bonds is 4. The quantitative estimate of drug-likeness (QED) is 0.533. The molecule has 4 aliphatic carbocycles. The third kappa shape index (κ3) is 2.47. The fourth-order valence-electron chi connectivity index (χ4n) is 8.63. The summed E-state index contributed by atoms with van der Waals surface area (Å²) in [5.74, 6) is 1.08. The SMILES string of the molecule is C[C@H](CCC(=O)O)[C@H]1CC[C@@H]2[C@]1(C)CC[C@H]1[C@]23C=C[C@]2(C[C@@H](O)CC[C@]12C)OO3. The average molecular weight is 405 g/mol. The zero-order chi connectivity index (χ0) is 20.7. The van der Waals surface area contributed by atoms with Crippen LogP contribution in [0, 0.1) is 34.5 Å². The molecule has 162 valence electrons. The Kier molecular flexibility index (Phi) is 4.35. The minimum atomic E-state index is -0.693. The second-order valence-corrected chi connectivity index (χ2v) is 11.3. The smallest absolute Gasteiger partial charge is 0.303 e.